The summed E-state index contributed by atoms with van der Waals surface area (Å²) >= 11 is 8.39. The van der Waals surface area contributed by atoms with E-state index >= 15 is 0 Å². The first-order valence-electron chi connectivity index (χ1n) is 9.70. The molecule has 164 valence electrons. The Morgan fingerprint density at radius 2 is 1.94 bits per heavy atom. The van der Waals surface area contributed by atoms with E-state index < -0.39 is 11.2 Å². The Hall–Kier alpha value is -2.88. The number of carbonyl (C=O) groups excluding carboxylic acids is 1. The number of aliphatic carboxylic acids is 1. The van der Waals surface area contributed by atoms with Crippen molar-refractivity contribution in [2.24, 2.45) is 4.99 Å². The molecule has 2 aromatic carbocycles. The first-order chi connectivity index (χ1) is 15.4. The molecule has 1 aliphatic rings. The predicted octanol–water partition coefficient (Wildman–Crippen LogP) is 5.47. The Labute approximate surface area is 197 Å². The van der Waals surface area contributed by atoms with E-state index in [1.54, 1.807) is 36.4 Å². The topological polar surface area (TPSA) is 92.1 Å². The van der Waals surface area contributed by atoms with Crippen LogP contribution >= 0.6 is 34.7 Å². The molecule has 1 N–H and O–H groups in total. The zero-order valence-electron chi connectivity index (χ0n) is 16.9. The fourth-order valence-electron chi connectivity index (χ4n) is 3.02. The number of thioether (sulfide) groups is 1. The van der Waals surface area contributed by atoms with E-state index in [9.17, 15) is 14.7 Å². The lowest BCUT2D eigenvalue weighted by atomic mass is 10.2. The molecule has 0 saturated carbocycles. The quantitative estimate of drug-likeness (QED) is 0.475. The van der Waals surface area contributed by atoms with Gasteiger partial charge >= 0.3 is 5.97 Å². The predicted molar refractivity (Wildman–Crippen MR) is 128 cm³/mol. The molecule has 0 bridgehead atoms. The maximum absolute atomic E-state index is 13.1. The van der Waals surface area contributed by atoms with Gasteiger partial charge in [0.25, 0.3) is 0 Å². The number of thiazole rings is 1. The van der Waals surface area contributed by atoms with Gasteiger partial charge in [-0.1, -0.05) is 35.5 Å². The summed E-state index contributed by atoms with van der Waals surface area (Å²) in [6.07, 6.45) is -0.294. The van der Waals surface area contributed by atoms with Crippen LogP contribution in [0.1, 0.15) is 13.3 Å². The maximum Gasteiger partial charge on any atom is 0.305 e. The van der Waals surface area contributed by atoms with E-state index in [1.165, 1.54) is 16.2 Å². The molecule has 3 aromatic rings. The fraction of sp³-hybridized carbons (Fsp3) is 0.182. The molecule has 1 amide bonds. The molecule has 1 unspecified atom stereocenters. The van der Waals surface area contributed by atoms with Gasteiger partial charge in [0.2, 0.25) is 5.91 Å². The van der Waals surface area contributed by atoms with Gasteiger partial charge in [-0.15, -0.1) is 11.3 Å². The first kappa shape index (κ1) is 22.3. The monoisotopic (exact) mass is 487 g/mol. The number of carbonyl (C=O) groups is 2. The van der Waals surface area contributed by atoms with Gasteiger partial charge in [-0.2, -0.15) is 0 Å². The summed E-state index contributed by atoms with van der Waals surface area (Å²) in [5.74, 6) is -0.669. The van der Waals surface area contributed by atoms with Crippen molar-refractivity contribution in [3.63, 3.8) is 0 Å². The standard InChI is InChI=1S/C22H18ClN3O4S2/c1-2-30-16-9-7-15(8-10-16)24-22-26(20(29)18(32-22)11-19(27)28)21-25-17(12-31-21)13-3-5-14(23)6-4-13/h3-10,12,18H,2,11H2,1H3,(H,27,28). The summed E-state index contributed by atoms with van der Waals surface area (Å²) in [7, 11) is 0. The summed E-state index contributed by atoms with van der Waals surface area (Å²) in [5, 5.41) is 11.7. The van der Waals surface area contributed by atoms with E-state index in [0.29, 0.717) is 33.3 Å². The lowest BCUT2D eigenvalue weighted by molar-refractivity contribution is -0.138. The molecule has 0 spiro atoms. The van der Waals surface area contributed by atoms with Crippen molar-refractivity contribution in [2.45, 2.75) is 18.6 Å². The number of carboxylic acid groups (broad SMARTS) is 1. The third-order valence-electron chi connectivity index (χ3n) is 4.49. The van der Waals surface area contributed by atoms with Crippen molar-refractivity contribution in [2.75, 3.05) is 11.5 Å². The Morgan fingerprint density at radius 1 is 1.22 bits per heavy atom. The zero-order chi connectivity index (χ0) is 22.7. The Kier molecular flexibility index (Phi) is 6.78. The Balaban J connectivity index is 1.67. The highest BCUT2D eigenvalue weighted by Gasteiger charge is 2.41. The van der Waals surface area contributed by atoms with E-state index in [4.69, 9.17) is 16.3 Å². The van der Waals surface area contributed by atoms with Gasteiger partial charge in [-0.05, 0) is 43.3 Å². The molecule has 1 atom stereocenters. The number of benzene rings is 2. The third-order valence-corrected chi connectivity index (χ3v) is 6.71. The molecule has 1 saturated heterocycles. The normalized spacial score (nSPS) is 17.2. The number of rotatable bonds is 7. The average Bonchev–Trinajstić information content (AvgIpc) is 3.35. The van der Waals surface area contributed by atoms with Crippen LogP contribution in [0.3, 0.4) is 0 Å². The first-order valence-corrected chi connectivity index (χ1v) is 11.8. The highest BCUT2D eigenvalue weighted by Crippen LogP contribution is 2.38. The number of aromatic nitrogens is 1. The molecule has 1 aromatic heterocycles. The Morgan fingerprint density at radius 3 is 2.59 bits per heavy atom. The van der Waals surface area contributed by atoms with E-state index in [-0.39, 0.29) is 12.3 Å². The smallest absolute Gasteiger partial charge is 0.305 e. The van der Waals surface area contributed by atoms with Gasteiger partial charge in [0.15, 0.2) is 10.3 Å². The second-order valence-electron chi connectivity index (χ2n) is 6.72. The van der Waals surface area contributed by atoms with Gasteiger partial charge in [0, 0.05) is 16.0 Å². The third kappa shape index (κ3) is 4.95. The number of carboxylic acids is 1. The molecule has 2 heterocycles. The van der Waals surface area contributed by atoms with Gasteiger partial charge in [0.1, 0.15) is 11.0 Å². The summed E-state index contributed by atoms with van der Waals surface area (Å²) in [6, 6.07) is 14.4. The molecule has 1 fully saturated rings. The van der Waals surface area contributed by atoms with Crippen LogP contribution in [-0.2, 0) is 9.59 Å². The van der Waals surface area contributed by atoms with E-state index in [0.717, 1.165) is 23.1 Å². The van der Waals surface area contributed by atoms with Gasteiger partial charge in [0.05, 0.1) is 24.4 Å². The number of aliphatic imine (C=N–C) groups is 1. The van der Waals surface area contributed by atoms with Crippen LogP contribution in [0, 0.1) is 0 Å². The molecule has 7 nitrogen and oxygen atoms in total. The van der Waals surface area contributed by atoms with Crippen LogP contribution < -0.4 is 9.64 Å². The number of ether oxygens (including phenoxy) is 1. The highest BCUT2D eigenvalue weighted by molar-refractivity contribution is 8.16. The molecule has 0 aliphatic carbocycles. The van der Waals surface area contributed by atoms with Crippen molar-refractivity contribution in [3.8, 4) is 17.0 Å². The lowest BCUT2D eigenvalue weighted by Gasteiger charge is -2.12. The van der Waals surface area contributed by atoms with Crippen molar-refractivity contribution in [3.05, 3.63) is 58.9 Å². The Bertz CT molecular complexity index is 1160. The fourth-order valence-corrected chi connectivity index (χ4v) is 5.17. The molecular weight excluding hydrogens is 470 g/mol. The van der Waals surface area contributed by atoms with Gasteiger partial charge in [-0.25, -0.2) is 14.9 Å². The van der Waals surface area contributed by atoms with Crippen LogP contribution in [0.4, 0.5) is 10.8 Å². The van der Waals surface area contributed by atoms with E-state index in [2.05, 4.69) is 9.98 Å². The number of nitrogens with zero attached hydrogens (tertiary/aromatic N) is 3. The highest BCUT2D eigenvalue weighted by atomic mass is 35.5. The zero-order valence-corrected chi connectivity index (χ0v) is 19.3. The number of hydrogen-bond acceptors (Lipinski definition) is 7. The SMILES string of the molecule is CCOc1ccc(N=C2SC(CC(=O)O)C(=O)N2c2nc(-c3ccc(Cl)cc3)cs2)cc1. The molecular formula is C22H18ClN3O4S2. The van der Waals surface area contributed by atoms with Crippen LogP contribution in [0.5, 0.6) is 5.75 Å². The van der Waals surface area contributed by atoms with Crippen molar-refractivity contribution < 1.29 is 19.4 Å². The van der Waals surface area contributed by atoms with Crippen LogP contribution in [0.25, 0.3) is 11.3 Å². The minimum Gasteiger partial charge on any atom is -0.494 e. The molecule has 10 heteroatoms. The van der Waals surface area contributed by atoms with E-state index in [1.807, 2.05) is 24.4 Å². The van der Waals surface area contributed by atoms with Crippen LogP contribution in [0.2, 0.25) is 5.02 Å². The van der Waals surface area contributed by atoms with Gasteiger partial charge in [-0.3, -0.25) is 9.59 Å². The molecule has 32 heavy (non-hydrogen) atoms. The minimum atomic E-state index is -1.04. The van der Waals surface area contributed by atoms with Crippen molar-refractivity contribution >= 4 is 62.6 Å². The number of halogens is 1. The largest absolute Gasteiger partial charge is 0.494 e. The molecule has 4 rings (SSSR count). The number of anilines is 1. The average molecular weight is 488 g/mol. The maximum atomic E-state index is 13.1. The van der Waals surface area contributed by atoms with Crippen LogP contribution in [-0.4, -0.2) is 39.0 Å². The molecule has 1 aliphatic heterocycles. The van der Waals surface area contributed by atoms with Gasteiger partial charge < -0.3 is 9.84 Å². The lowest BCUT2D eigenvalue weighted by Crippen LogP contribution is -2.32. The van der Waals surface area contributed by atoms with Crippen molar-refractivity contribution in [1.29, 1.82) is 0 Å². The minimum absolute atomic E-state index is 0.294. The number of amides is 1. The summed E-state index contributed by atoms with van der Waals surface area (Å²) in [5.41, 5.74) is 2.18. The number of amidine groups is 1. The molecule has 0 radical (unpaired) electrons. The van der Waals surface area contributed by atoms with Crippen molar-refractivity contribution in [1.82, 2.24) is 4.98 Å². The number of hydrogen-bond donors (Lipinski definition) is 1. The summed E-state index contributed by atoms with van der Waals surface area (Å²) < 4.78 is 5.45. The second kappa shape index (κ2) is 9.72. The summed E-state index contributed by atoms with van der Waals surface area (Å²) in [6.45, 7) is 2.46. The van der Waals surface area contributed by atoms with Crippen LogP contribution in [0.15, 0.2) is 58.9 Å². The summed E-state index contributed by atoms with van der Waals surface area (Å²) in [4.78, 5) is 34.9. The second-order valence-corrected chi connectivity index (χ2v) is 9.16.